The lowest BCUT2D eigenvalue weighted by atomic mass is 10.0. The molecule has 0 heterocycles. The summed E-state index contributed by atoms with van der Waals surface area (Å²) in [5, 5.41) is 5.98. The average Bonchev–Trinajstić information content (AvgIpc) is 3.08. The minimum Gasteiger partial charge on any atom is -0.319 e. The summed E-state index contributed by atoms with van der Waals surface area (Å²) in [6.07, 6.45) is 1.35. The van der Waals surface area contributed by atoms with Crippen molar-refractivity contribution in [1.82, 2.24) is 5.32 Å². The maximum Gasteiger partial charge on any atom is -0.00175 e. The van der Waals surface area contributed by atoms with Crippen molar-refractivity contribution in [2.75, 3.05) is 13.6 Å². The molecule has 1 aliphatic rings. The van der Waals surface area contributed by atoms with Crippen molar-refractivity contribution in [2.24, 2.45) is 5.92 Å². The van der Waals surface area contributed by atoms with Gasteiger partial charge in [0.15, 0.2) is 0 Å². The second-order valence-electron chi connectivity index (χ2n) is 4.77. The summed E-state index contributed by atoms with van der Waals surface area (Å²) < 4.78 is 0. The molecule has 1 aliphatic carbocycles. The number of hydrogen-bond donors (Lipinski definition) is 1. The molecule has 1 fully saturated rings. The number of benzene rings is 2. The van der Waals surface area contributed by atoms with Crippen LogP contribution in [0, 0.1) is 5.92 Å². The smallest absolute Gasteiger partial charge is 0.00175 e. The van der Waals surface area contributed by atoms with Gasteiger partial charge in [-0.25, -0.2) is 0 Å². The fourth-order valence-electron chi connectivity index (χ4n) is 2.58. The molecule has 0 amide bonds. The second-order valence-corrected chi connectivity index (χ2v) is 4.77. The molecule has 82 valence electrons. The lowest BCUT2D eigenvalue weighted by Gasteiger charge is -2.03. The summed E-state index contributed by atoms with van der Waals surface area (Å²) in [6.45, 7) is 1.15. The Morgan fingerprint density at radius 3 is 2.75 bits per heavy atom. The summed E-state index contributed by atoms with van der Waals surface area (Å²) in [4.78, 5) is 0. The first-order valence-corrected chi connectivity index (χ1v) is 6.02. The predicted molar refractivity (Wildman–Crippen MR) is 68.7 cm³/mol. The number of fused-ring (bicyclic) bond motifs is 1. The van der Waals surface area contributed by atoms with E-state index in [0.717, 1.165) is 18.4 Å². The molecular formula is C15H17N. The third kappa shape index (κ3) is 1.72. The molecule has 2 aromatic rings. The SMILES string of the molecule is CNCC1CC1c1ccc2ccccc2c1. The molecule has 0 aromatic heterocycles. The fourth-order valence-corrected chi connectivity index (χ4v) is 2.58. The highest BCUT2D eigenvalue weighted by Crippen LogP contribution is 2.47. The maximum atomic E-state index is 3.27. The molecule has 0 radical (unpaired) electrons. The molecule has 0 aliphatic heterocycles. The predicted octanol–water partition coefficient (Wildman–Crippen LogP) is 3.16. The van der Waals surface area contributed by atoms with E-state index in [9.17, 15) is 0 Å². The van der Waals surface area contributed by atoms with Gasteiger partial charge in [0.25, 0.3) is 0 Å². The van der Waals surface area contributed by atoms with Crippen LogP contribution in [0.1, 0.15) is 17.9 Å². The van der Waals surface area contributed by atoms with Gasteiger partial charge in [-0.3, -0.25) is 0 Å². The van der Waals surface area contributed by atoms with Crippen LogP contribution in [0.3, 0.4) is 0 Å². The lowest BCUT2D eigenvalue weighted by Crippen LogP contribution is -2.10. The van der Waals surface area contributed by atoms with E-state index in [4.69, 9.17) is 0 Å². The van der Waals surface area contributed by atoms with Gasteiger partial charge in [0, 0.05) is 0 Å². The molecule has 1 saturated carbocycles. The standard InChI is InChI=1S/C15H17N/c1-16-10-14-9-15(14)13-7-6-11-4-2-3-5-12(11)8-13/h2-8,14-16H,9-10H2,1H3. The van der Waals surface area contributed by atoms with Gasteiger partial charge in [-0.1, -0.05) is 42.5 Å². The summed E-state index contributed by atoms with van der Waals surface area (Å²) in [6, 6.07) is 15.5. The van der Waals surface area contributed by atoms with E-state index in [1.807, 2.05) is 7.05 Å². The minimum atomic E-state index is 0.789. The largest absolute Gasteiger partial charge is 0.319 e. The van der Waals surface area contributed by atoms with E-state index in [-0.39, 0.29) is 0 Å². The summed E-state index contributed by atoms with van der Waals surface area (Å²) >= 11 is 0. The Labute approximate surface area is 96.5 Å². The first-order chi connectivity index (χ1) is 7.88. The molecule has 2 atom stereocenters. The number of rotatable bonds is 3. The molecule has 0 saturated heterocycles. The van der Waals surface area contributed by atoms with Crippen LogP contribution in [0.5, 0.6) is 0 Å². The van der Waals surface area contributed by atoms with E-state index < -0.39 is 0 Å². The second kappa shape index (κ2) is 3.91. The Balaban J connectivity index is 1.89. The molecule has 1 nitrogen and oxygen atoms in total. The van der Waals surface area contributed by atoms with Crippen LogP contribution in [0.2, 0.25) is 0 Å². The fraction of sp³-hybridized carbons (Fsp3) is 0.333. The first kappa shape index (κ1) is 9.86. The third-order valence-corrected chi connectivity index (χ3v) is 3.59. The van der Waals surface area contributed by atoms with E-state index >= 15 is 0 Å². The van der Waals surface area contributed by atoms with Crippen LogP contribution in [-0.2, 0) is 0 Å². The van der Waals surface area contributed by atoms with Crippen molar-refractivity contribution >= 4 is 10.8 Å². The van der Waals surface area contributed by atoms with E-state index in [2.05, 4.69) is 47.8 Å². The zero-order valence-corrected chi connectivity index (χ0v) is 9.61. The van der Waals surface area contributed by atoms with Gasteiger partial charge in [-0.2, -0.15) is 0 Å². The molecule has 3 rings (SSSR count). The van der Waals surface area contributed by atoms with E-state index in [1.165, 1.54) is 22.8 Å². The summed E-state index contributed by atoms with van der Waals surface area (Å²) in [5.74, 6) is 1.64. The van der Waals surface area contributed by atoms with Gasteiger partial charge in [0.05, 0.1) is 0 Å². The summed E-state index contributed by atoms with van der Waals surface area (Å²) in [7, 11) is 2.04. The van der Waals surface area contributed by atoms with Gasteiger partial charge in [0.2, 0.25) is 0 Å². The first-order valence-electron chi connectivity index (χ1n) is 6.02. The van der Waals surface area contributed by atoms with Crippen molar-refractivity contribution in [3.05, 3.63) is 48.0 Å². The number of nitrogens with one attached hydrogen (secondary N) is 1. The van der Waals surface area contributed by atoms with Crippen LogP contribution < -0.4 is 5.32 Å². The van der Waals surface area contributed by atoms with E-state index in [0.29, 0.717) is 0 Å². The summed E-state index contributed by atoms with van der Waals surface area (Å²) in [5.41, 5.74) is 1.51. The Kier molecular flexibility index (Phi) is 2.41. The van der Waals surface area contributed by atoms with Gasteiger partial charge < -0.3 is 5.32 Å². The molecule has 16 heavy (non-hydrogen) atoms. The van der Waals surface area contributed by atoms with Crippen molar-refractivity contribution in [3.63, 3.8) is 0 Å². The van der Waals surface area contributed by atoms with Gasteiger partial charge >= 0.3 is 0 Å². The Bertz CT molecular complexity index is 504. The topological polar surface area (TPSA) is 12.0 Å². The third-order valence-electron chi connectivity index (χ3n) is 3.59. The molecule has 0 bridgehead atoms. The van der Waals surface area contributed by atoms with Crippen molar-refractivity contribution < 1.29 is 0 Å². The van der Waals surface area contributed by atoms with Crippen LogP contribution in [0.15, 0.2) is 42.5 Å². The Morgan fingerprint density at radius 1 is 1.12 bits per heavy atom. The van der Waals surface area contributed by atoms with Gasteiger partial charge in [-0.15, -0.1) is 0 Å². The van der Waals surface area contributed by atoms with Crippen molar-refractivity contribution in [3.8, 4) is 0 Å². The maximum absolute atomic E-state index is 3.27. The molecule has 2 aromatic carbocycles. The Hall–Kier alpha value is -1.34. The molecule has 2 unspecified atom stereocenters. The minimum absolute atomic E-state index is 0.789. The number of hydrogen-bond acceptors (Lipinski definition) is 1. The molecule has 1 heteroatoms. The highest BCUT2D eigenvalue weighted by atomic mass is 14.8. The monoisotopic (exact) mass is 211 g/mol. The molecule has 0 spiro atoms. The zero-order chi connectivity index (χ0) is 11.0. The Morgan fingerprint density at radius 2 is 1.94 bits per heavy atom. The molecular weight excluding hydrogens is 194 g/mol. The zero-order valence-electron chi connectivity index (χ0n) is 9.61. The quantitative estimate of drug-likeness (QED) is 0.822. The van der Waals surface area contributed by atoms with Crippen LogP contribution in [0.25, 0.3) is 10.8 Å². The normalized spacial score (nSPS) is 23.6. The van der Waals surface area contributed by atoms with Crippen LogP contribution in [-0.4, -0.2) is 13.6 Å². The average molecular weight is 211 g/mol. The van der Waals surface area contributed by atoms with Gasteiger partial charge in [-0.05, 0) is 48.2 Å². The van der Waals surface area contributed by atoms with Crippen molar-refractivity contribution in [2.45, 2.75) is 12.3 Å². The highest BCUT2D eigenvalue weighted by Gasteiger charge is 2.37. The van der Waals surface area contributed by atoms with Gasteiger partial charge in [0.1, 0.15) is 0 Å². The lowest BCUT2D eigenvalue weighted by molar-refractivity contribution is 0.698. The highest BCUT2D eigenvalue weighted by molar-refractivity contribution is 5.83. The van der Waals surface area contributed by atoms with Crippen LogP contribution in [0.4, 0.5) is 0 Å². The van der Waals surface area contributed by atoms with Crippen molar-refractivity contribution in [1.29, 1.82) is 0 Å². The van der Waals surface area contributed by atoms with E-state index in [1.54, 1.807) is 0 Å². The van der Waals surface area contributed by atoms with Crippen LogP contribution >= 0.6 is 0 Å². The molecule has 1 N–H and O–H groups in total.